The molecule has 0 radical (unpaired) electrons. The zero-order valence-corrected chi connectivity index (χ0v) is 14.7. The highest BCUT2D eigenvalue weighted by molar-refractivity contribution is 6.03. The van der Waals surface area contributed by atoms with Gasteiger partial charge in [0.05, 0.1) is 0 Å². The van der Waals surface area contributed by atoms with Crippen molar-refractivity contribution in [3.05, 3.63) is 66.2 Å². The molecular weight excluding hydrogens is 278 g/mol. The molecule has 0 saturated carbocycles. The smallest absolute Gasteiger partial charge is 0.0447 e. The molecule has 118 valence electrons. The van der Waals surface area contributed by atoms with E-state index in [0.29, 0.717) is 0 Å². The van der Waals surface area contributed by atoms with Crippen LogP contribution in [-0.2, 0) is 5.41 Å². The van der Waals surface area contributed by atoms with Gasteiger partial charge in [-0.25, -0.2) is 0 Å². The molecule has 3 rings (SSSR count). The highest BCUT2D eigenvalue weighted by Gasteiger charge is 2.16. The summed E-state index contributed by atoms with van der Waals surface area (Å²) in [4.78, 5) is 2.20. The molecule has 1 heteroatoms. The van der Waals surface area contributed by atoms with Gasteiger partial charge in [0.15, 0.2) is 0 Å². The Balaban J connectivity index is 2.32. The molecule has 0 heterocycles. The topological polar surface area (TPSA) is 3.24 Å². The second kappa shape index (κ2) is 5.73. The lowest BCUT2D eigenvalue weighted by molar-refractivity contribution is 0.590. The quantitative estimate of drug-likeness (QED) is 0.572. The van der Waals surface area contributed by atoms with Crippen LogP contribution in [0.1, 0.15) is 26.3 Å². The molecule has 0 atom stereocenters. The van der Waals surface area contributed by atoms with Gasteiger partial charge in [-0.1, -0.05) is 75.4 Å². The minimum absolute atomic E-state index is 0.152. The molecule has 0 amide bonds. The number of hydrogen-bond donors (Lipinski definition) is 0. The summed E-state index contributed by atoms with van der Waals surface area (Å²) in [6.45, 7) is 6.80. The second-order valence-electron chi connectivity index (χ2n) is 7.41. The van der Waals surface area contributed by atoms with Crippen LogP contribution in [0.4, 0.5) is 5.69 Å². The molecule has 1 nitrogen and oxygen atoms in total. The lowest BCUT2D eigenvalue weighted by atomic mass is 9.84. The molecule has 3 aromatic rings. The molecule has 0 aliphatic carbocycles. The summed E-state index contributed by atoms with van der Waals surface area (Å²) in [7, 11) is 4.22. The Morgan fingerprint density at radius 1 is 0.783 bits per heavy atom. The second-order valence-corrected chi connectivity index (χ2v) is 7.41. The standard InChI is InChI=1S/C22H25N/c1-22(2,3)18-11-8-10-17(15-18)21-19-12-7-6-9-16(19)13-14-20(21)23(4)5/h6-15H,1-5H3. The van der Waals surface area contributed by atoms with Crippen LogP contribution in [0.25, 0.3) is 21.9 Å². The maximum Gasteiger partial charge on any atom is 0.0447 e. The number of fused-ring (bicyclic) bond motifs is 1. The molecule has 0 aliphatic rings. The van der Waals surface area contributed by atoms with Gasteiger partial charge in [-0.05, 0) is 33.4 Å². The van der Waals surface area contributed by atoms with E-state index in [2.05, 4.69) is 100 Å². The third-order valence-corrected chi connectivity index (χ3v) is 4.41. The highest BCUT2D eigenvalue weighted by atomic mass is 15.1. The van der Waals surface area contributed by atoms with E-state index in [1.54, 1.807) is 0 Å². The van der Waals surface area contributed by atoms with Gasteiger partial charge in [0.25, 0.3) is 0 Å². The molecule has 0 aliphatic heterocycles. The Kier molecular flexibility index (Phi) is 3.89. The van der Waals surface area contributed by atoms with Gasteiger partial charge in [0.1, 0.15) is 0 Å². The lowest BCUT2D eigenvalue weighted by Gasteiger charge is -2.23. The van der Waals surface area contributed by atoms with Gasteiger partial charge in [-0.3, -0.25) is 0 Å². The SMILES string of the molecule is CN(C)c1ccc2ccccc2c1-c1cccc(C(C)(C)C)c1. The number of anilines is 1. The lowest BCUT2D eigenvalue weighted by Crippen LogP contribution is -2.12. The molecule has 0 N–H and O–H groups in total. The molecule has 0 fully saturated rings. The fraction of sp³-hybridized carbons (Fsp3) is 0.273. The molecule has 0 aromatic heterocycles. The van der Waals surface area contributed by atoms with E-state index in [9.17, 15) is 0 Å². The van der Waals surface area contributed by atoms with Crippen molar-refractivity contribution in [2.45, 2.75) is 26.2 Å². The van der Waals surface area contributed by atoms with Crippen LogP contribution in [0, 0.1) is 0 Å². The van der Waals surface area contributed by atoms with E-state index in [-0.39, 0.29) is 5.41 Å². The highest BCUT2D eigenvalue weighted by Crippen LogP contribution is 2.38. The van der Waals surface area contributed by atoms with Gasteiger partial charge in [-0.15, -0.1) is 0 Å². The molecule has 0 bridgehead atoms. The Labute approximate surface area is 139 Å². The first kappa shape index (κ1) is 15.6. The van der Waals surface area contributed by atoms with Crippen LogP contribution in [0.3, 0.4) is 0 Å². The average molecular weight is 303 g/mol. The zero-order valence-electron chi connectivity index (χ0n) is 14.7. The largest absolute Gasteiger partial charge is 0.377 e. The fourth-order valence-electron chi connectivity index (χ4n) is 3.08. The predicted octanol–water partition coefficient (Wildman–Crippen LogP) is 5.87. The Bertz CT molecular complexity index is 838. The van der Waals surface area contributed by atoms with E-state index >= 15 is 0 Å². The summed E-state index contributed by atoms with van der Waals surface area (Å²) in [5.41, 5.74) is 5.39. The van der Waals surface area contributed by atoms with E-state index in [0.717, 1.165) is 0 Å². The Hall–Kier alpha value is -2.28. The summed E-state index contributed by atoms with van der Waals surface area (Å²) < 4.78 is 0. The van der Waals surface area contributed by atoms with Gasteiger partial charge < -0.3 is 4.90 Å². The summed E-state index contributed by atoms with van der Waals surface area (Å²) in [5, 5.41) is 2.60. The Morgan fingerprint density at radius 2 is 1.52 bits per heavy atom. The third-order valence-electron chi connectivity index (χ3n) is 4.41. The first-order valence-corrected chi connectivity index (χ1v) is 8.18. The normalized spacial score (nSPS) is 11.7. The van der Waals surface area contributed by atoms with Crippen LogP contribution >= 0.6 is 0 Å². The predicted molar refractivity (Wildman–Crippen MR) is 102 cm³/mol. The van der Waals surface area contributed by atoms with Crippen molar-refractivity contribution in [2.24, 2.45) is 0 Å². The number of nitrogens with zero attached hydrogens (tertiary/aromatic N) is 1. The van der Waals surface area contributed by atoms with Crippen LogP contribution < -0.4 is 4.90 Å². The molecule has 23 heavy (non-hydrogen) atoms. The van der Waals surface area contributed by atoms with E-state index < -0.39 is 0 Å². The van der Waals surface area contributed by atoms with Gasteiger partial charge >= 0.3 is 0 Å². The van der Waals surface area contributed by atoms with Crippen molar-refractivity contribution in [1.29, 1.82) is 0 Å². The molecule has 0 spiro atoms. The van der Waals surface area contributed by atoms with Crippen LogP contribution in [-0.4, -0.2) is 14.1 Å². The summed E-state index contributed by atoms with van der Waals surface area (Å²) >= 11 is 0. The van der Waals surface area contributed by atoms with Crippen LogP contribution in [0.2, 0.25) is 0 Å². The van der Waals surface area contributed by atoms with Crippen LogP contribution in [0.15, 0.2) is 60.7 Å². The minimum atomic E-state index is 0.152. The number of hydrogen-bond acceptors (Lipinski definition) is 1. The van der Waals surface area contributed by atoms with Gasteiger partial charge in [0.2, 0.25) is 0 Å². The Morgan fingerprint density at radius 3 is 2.22 bits per heavy atom. The minimum Gasteiger partial charge on any atom is -0.377 e. The van der Waals surface area contributed by atoms with Crippen molar-refractivity contribution < 1.29 is 0 Å². The number of benzene rings is 3. The molecule has 0 unspecified atom stereocenters. The van der Waals surface area contributed by atoms with Crippen molar-refractivity contribution in [3.8, 4) is 11.1 Å². The first-order valence-electron chi connectivity index (χ1n) is 8.18. The van der Waals surface area contributed by atoms with Gasteiger partial charge in [0, 0.05) is 25.3 Å². The maximum atomic E-state index is 2.34. The van der Waals surface area contributed by atoms with E-state index in [4.69, 9.17) is 0 Å². The van der Waals surface area contributed by atoms with E-state index in [1.165, 1.54) is 33.2 Å². The summed E-state index contributed by atoms with van der Waals surface area (Å²) in [5.74, 6) is 0. The van der Waals surface area contributed by atoms with Gasteiger partial charge in [-0.2, -0.15) is 0 Å². The van der Waals surface area contributed by atoms with Crippen molar-refractivity contribution in [3.63, 3.8) is 0 Å². The summed E-state index contributed by atoms with van der Waals surface area (Å²) in [6, 6.07) is 22.0. The first-order chi connectivity index (χ1) is 10.9. The maximum absolute atomic E-state index is 2.34. The van der Waals surface area contributed by atoms with Crippen molar-refractivity contribution in [1.82, 2.24) is 0 Å². The van der Waals surface area contributed by atoms with Crippen molar-refractivity contribution in [2.75, 3.05) is 19.0 Å². The van der Waals surface area contributed by atoms with E-state index in [1.807, 2.05) is 0 Å². The van der Waals surface area contributed by atoms with Crippen molar-refractivity contribution >= 4 is 16.5 Å². The summed E-state index contributed by atoms with van der Waals surface area (Å²) in [6.07, 6.45) is 0. The van der Waals surface area contributed by atoms with Crippen LogP contribution in [0.5, 0.6) is 0 Å². The monoisotopic (exact) mass is 303 g/mol. The third kappa shape index (κ3) is 2.96. The fourth-order valence-corrected chi connectivity index (χ4v) is 3.08. The number of rotatable bonds is 2. The average Bonchev–Trinajstić information content (AvgIpc) is 2.53. The molecule has 3 aromatic carbocycles. The zero-order chi connectivity index (χ0) is 16.6. The molecular formula is C22H25N. The molecule has 0 saturated heterocycles.